The van der Waals surface area contributed by atoms with Crippen molar-refractivity contribution in [3.05, 3.63) is 69.5 Å². The van der Waals surface area contributed by atoms with E-state index < -0.39 is 5.91 Å². The molecule has 1 aromatic carbocycles. The van der Waals surface area contributed by atoms with Gasteiger partial charge in [0.15, 0.2) is 5.13 Å². The first kappa shape index (κ1) is 18.6. The van der Waals surface area contributed by atoms with Crippen LogP contribution in [0.4, 0.5) is 5.13 Å². The van der Waals surface area contributed by atoms with E-state index in [-0.39, 0.29) is 5.57 Å². The number of aromatic nitrogens is 2. The fourth-order valence-electron chi connectivity index (χ4n) is 2.98. The van der Waals surface area contributed by atoms with Crippen LogP contribution in [0.3, 0.4) is 0 Å². The van der Waals surface area contributed by atoms with Gasteiger partial charge in [-0.1, -0.05) is 12.1 Å². The van der Waals surface area contributed by atoms with Crippen molar-refractivity contribution in [2.45, 2.75) is 27.7 Å². The summed E-state index contributed by atoms with van der Waals surface area (Å²) in [7, 11) is 0. The number of thiazole rings is 1. The molecule has 136 valence electrons. The average Bonchev–Trinajstić information content (AvgIpc) is 3.15. The number of carbonyl (C=O) groups excluding carboxylic acids is 1. The summed E-state index contributed by atoms with van der Waals surface area (Å²) >= 11 is 1.34. The van der Waals surface area contributed by atoms with Crippen molar-refractivity contribution in [2.75, 3.05) is 5.32 Å². The smallest absolute Gasteiger partial charge is 0.268 e. The lowest BCUT2D eigenvalue weighted by atomic mass is 10.1. The summed E-state index contributed by atoms with van der Waals surface area (Å²) in [6, 6.07) is 12.2. The van der Waals surface area contributed by atoms with Gasteiger partial charge in [-0.25, -0.2) is 4.98 Å². The van der Waals surface area contributed by atoms with Crippen LogP contribution in [0.25, 0.3) is 11.8 Å². The molecule has 3 aromatic rings. The zero-order chi connectivity index (χ0) is 19.6. The third kappa shape index (κ3) is 3.99. The summed E-state index contributed by atoms with van der Waals surface area (Å²) in [5, 5.41) is 14.5. The van der Waals surface area contributed by atoms with Crippen molar-refractivity contribution >= 4 is 28.5 Å². The molecule has 0 atom stereocenters. The van der Waals surface area contributed by atoms with Crippen LogP contribution in [0.15, 0.2) is 41.3 Å². The van der Waals surface area contributed by atoms with E-state index in [1.165, 1.54) is 16.9 Å². The minimum atomic E-state index is -0.452. The number of carbonyl (C=O) groups is 1. The topological polar surface area (TPSA) is 70.7 Å². The molecule has 0 aliphatic rings. The average molecular weight is 376 g/mol. The molecule has 0 aliphatic carbocycles. The van der Waals surface area contributed by atoms with Crippen LogP contribution < -0.4 is 5.32 Å². The molecule has 0 spiro atoms. The molecule has 0 fully saturated rings. The monoisotopic (exact) mass is 376 g/mol. The van der Waals surface area contributed by atoms with Gasteiger partial charge in [0.1, 0.15) is 11.6 Å². The summed E-state index contributed by atoms with van der Waals surface area (Å²) in [5.41, 5.74) is 5.97. The zero-order valence-corrected chi connectivity index (χ0v) is 16.5. The number of amides is 1. The molecule has 27 heavy (non-hydrogen) atoms. The third-order valence-corrected chi connectivity index (χ3v) is 5.11. The van der Waals surface area contributed by atoms with E-state index in [0.29, 0.717) is 5.13 Å². The van der Waals surface area contributed by atoms with Gasteiger partial charge in [-0.05, 0) is 63.1 Å². The van der Waals surface area contributed by atoms with Gasteiger partial charge in [0.25, 0.3) is 5.91 Å². The van der Waals surface area contributed by atoms with E-state index >= 15 is 0 Å². The summed E-state index contributed by atoms with van der Waals surface area (Å²) in [6.07, 6.45) is 1.63. The number of hydrogen-bond acceptors (Lipinski definition) is 4. The number of rotatable bonds is 4. The minimum Gasteiger partial charge on any atom is -0.318 e. The molecule has 0 saturated carbocycles. The van der Waals surface area contributed by atoms with Crippen LogP contribution in [0, 0.1) is 39.0 Å². The zero-order valence-electron chi connectivity index (χ0n) is 15.7. The molecule has 1 N–H and O–H groups in total. The predicted molar refractivity (Wildman–Crippen MR) is 109 cm³/mol. The van der Waals surface area contributed by atoms with Gasteiger partial charge in [0, 0.05) is 22.5 Å². The van der Waals surface area contributed by atoms with E-state index in [0.717, 1.165) is 28.3 Å². The Labute approximate surface area is 162 Å². The maximum absolute atomic E-state index is 12.4. The van der Waals surface area contributed by atoms with E-state index in [1.807, 2.05) is 50.4 Å². The maximum atomic E-state index is 12.4. The number of nitriles is 1. The van der Waals surface area contributed by atoms with Crippen molar-refractivity contribution in [3.8, 4) is 11.8 Å². The Hall–Kier alpha value is -3.17. The third-order valence-electron chi connectivity index (χ3n) is 4.23. The number of nitrogens with zero attached hydrogens (tertiary/aromatic N) is 3. The van der Waals surface area contributed by atoms with Gasteiger partial charge in [0.05, 0.1) is 5.69 Å². The van der Waals surface area contributed by atoms with E-state index in [1.54, 1.807) is 6.08 Å². The van der Waals surface area contributed by atoms with Crippen molar-refractivity contribution in [1.82, 2.24) is 9.55 Å². The molecule has 0 unspecified atom stereocenters. The van der Waals surface area contributed by atoms with E-state index in [2.05, 4.69) is 33.9 Å². The van der Waals surface area contributed by atoms with Crippen LogP contribution in [0.1, 0.15) is 28.2 Å². The summed E-state index contributed by atoms with van der Waals surface area (Å²) in [5.74, 6) is -0.452. The van der Waals surface area contributed by atoms with Crippen LogP contribution in [-0.4, -0.2) is 15.5 Å². The van der Waals surface area contributed by atoms with Gasteiger partial charge < -0.3 is 4.57 Å². The Bertz CT molecular complexity index is 1080. The van der Waals surface area contributed by atoms with Crippen molar-refractivity contribution in [3.63, 3.8) is 0 Å². The molecule has 0 saturated heterocycles. The Morgan fingerprint density at radius 2 is 2.04 bits per heavy atom. The van der Waals surface area contributed by atoms with Crippen molar-refractivity contribution in [2.24, 2.45) is 0 Å². The van der Waals surface area contributed by atoms with Gasteiger partial charge in [-0.3, -0.25) is 10.1 Å². The molecule has 0 bridgehead atoms. The van der Waals surface area contributed by atoms with Crippen LogP contribution in [-0.2, 0) is 4.79 Å². The molecule has 5 nitrogen and oxygen atoms in total. The SMILES string of the molecule is Cc1cccc(-n2c(C)cc(/C=C(/C#N)C(=O)Nc3nc(C)cs3)c2C)c1. The van der Waals surface area contributed by atoms with Crippen LogP contribution in [0.2, 0.25) is 0 Å². The molecule has 0 radical (unpaired) electrons. The Balaban J connectivity index is 1.94. The second-order valence-electron chi connectivity index (χ2n) is 6.42. The number of benzene rings is 1. The quantitative estimate of drug-likeness (QED) is 0.529. The Kier molecular flexibility index (Phi) is 5.24. The first-order valence-corrected chi connectivity index (χ1v) is 9.38. The second-order valence-corrected chi connectivity index (χ2v) is 7.28. The molecular formula is C21H20N4OS. The highest BCUT2D eigenvalue weighted by atomic mass is 32.1. The fourth-order valence-corrected chi connectivity index (χ4v) is 3.66. The molecule has 2 heterocycles. The number of aryl methyl sites for hydroxylation is 3. The lowest BCUT2D eigenvalue weighted by Crippen LogP contribution is -2.13. The highest BCUT2D eigenvalue weighted by Crippen LogP contribution is 2.24. The van der Waals surface area contributed by atoms with Crippen molar-refractivity contribution in [1.29, 1.82) is 5.26 Å². The summed E-state index contributed by atoms with van der Waals surface area (Å²) in [4.78, 5) is 16.6. The van der Waals surface area contributed by atoms with Gasteiger partial charge in [-0.2, -0.15) is 5.26 Å². The standard InChI is InChI=1S/C21H20N4OS/c1-13-6-5-7-19(8-13)25-15(3)9-17(16(25)4)10-18(11-22)20(26)24-21-23-14(2)12-27-21/h5-10,12H,1-4H3,(H,23,24,26)/b18-10-. The predicted octanol–water partition coefficient (Wildman–Crippen LogP) is 4.71. The molecular weight excluding hydrogens is 356 g/mol. The number of nitrogens with one attached hydrogen (secondary N) is 1. The first-order chi connectivity index (χ1) is 12.9. The lowest BCUT2D eigenvalue weighted by molar-refractivity contribution is -0.112. The number of hydrogen-bond donors (Lipinski definition) is 1. The van der Waals surface area contributed by atoms with Crippen LogP contribution in [0.5, 0.6) is 0 Å². The van der Waals surface area contributed by atoms with Gasteiger partial charge in [0.2, 0.25) is 0 Å². The molecule has 2 aromatic heterocycles. The largest absolute Gasteiger partial charge is 0.318 e. The minimum absolute atomic E-state index is 0.0485. The summed E-state index contributed by atoms with van der Waals surface area (Å²) in [6.45, 7) is 7.90. The molecule has 6 heteroatoms. The Morgan fingerprint density at radius 1 is 1.26 bits per heavy atom. The summed E-state index contributed by atoms with van der Waals surface area (Å²) < 4.78 is 2.12. The highest BCUT2D eigenvalue weighted by molar-refractivity contribution is 7.13. The molecule has 1 amide bonds. The maximum Gasteiger partial charge on any atom is 0.268 e. The molecule has 3 rings (SSSR count). The van der Waals surface area contributed by atoms with Crippen LogP contribution >= 0.6 is 11.3 Å². The van der Waals surface area contributed by atoms with E-state index in [9.17, 15) is 10.1 Å². The van der Waals surface area contributed by atoms with Crippen molar-refractivity contribution < 1.29 is 4.79 Å². The first-order valence-electron chi connectivity index (χ1n) is 8.50. The number of anilines is 1. The van der Waals surface area contributed by atoms with Gasteiger partial charge >= 0.3 is 0 Å². The van der Waals surface area contributed by atoms with Gasteiger partial charge in [-0.15, -0.1) is 11.3 Å². The second kappa shape index (κ2) is 7.60. The normalized spacial score (nSPS) is 11.3. The highest BCUT2D eigenvalue weighted by Gasteiger charge is 2.15. The lowest BCUT2D eigenvalue weighted by Gasteiger charge is -2.10. The molecule has 0 aliphatic heterocycles. The Morgan fingerprint density at radius 3 is 2.67 bits per heavy atom. The van der Waals surface area contributed by atoms with E-state index in [4.69, 9.17) is 0 Å². The fraction of sp³-hybridized carbons (Fsp3) is 0.190.